The first-order chi connectivity index (χ1) is 9.17. The minimum atomic E-state index is 0.134. The van der Waals surface area contributed by atoms with E-state index in [-0.39, 0.29) is 11.0 Å². The third-order valence-corrected chi connectivity index (χ3v) is 5.10. The van der Waals surface area contributed by atoms with Crippen LogP contribution in [0.2, 0.25) is 0 Å². The van der Waals surface area contributed by atoms with Gasteiger partial charge in [0.1, 0.15) is 0 Å². The molecule has 0 radical (unpaired) electrons. The van der Waals surface area contributed by atoms with E-state index in [0.29, 0.717) is 0 Å². The van der Waals surface area contributed by atoms with Crippen LogP contribution in [0.3, 0.4) is 0 Å². The Hall–Kier alpha value is -0.900. The van der Waals surface area contributed by atoms with Crippen molar-refractivity contribution in [3.8, 4) is 0 Å². The van der Waals surface area contributed by atoms with Gasteiger partial charge in [-0.25, -0.2) is 0 Å². The molecule has 1 N–H and O–H groups in total. The van der Waals surface area contributed by atoms with Crippen LogP contribution in [0.5, 0.6) is 0 Å². The van der Waals surface area contributed by atoms with Crippen molar-refractivity contribution >= 4 is 0 Å². The molecule has 0 unspecified atom stereocenters. The second-order valence-corrected chi connectivity index (χ2v) is 6.24. The van der Waals surface area contributed by atoms with Crippen LogP contribution in [0.15, 0.2) is 30.3 Å². The van der Waals surface area contributed by atoms with Gasteiger partial charge in [0.05, 0.1) is 18.6 Å². The lowest BCUT2D eigenvalue weighted by Crippen LogP contribution is -2.69. The molecule has 3 heteroatoms. The lowest BCUT2D eigenvalue weighted by atomic mass is 9.64. The Morgan fingerprint density at radius 1 is 1.11 bits per heavy atom. The summed E-state index contributed by atoms with van der Waals surface area (Å²) in [5.41, 5.74) is 1.70. The van der Waals surface area contributed by atoms with Gasteiger partial charge in [0.2, 0.25) is 0 Å². The highest BCUT2D eigenvalue weighted by Gasteiger charge is 2.54. The fourth-order valence-electron chi connectivity index (χ4n) is 3.46. The fraction of sp³-hybridized carbons (Fsp3) is 0.625. The van der Waals surface area contributed by atoms with Gasteiger partial charge in [0.15, 0.2) is 0 Å². The zero-order valence-corrected chi connectivity index (χ0v) is 12.0. The molecular weight excluding hydrogens is 236 g/mol. The predicted molar refractivity (Wildman–Crippen MR) is 77.5 cm³/mol. The average Bonchev–Trinajstić information content (AvgIpc) is 2.39. The van der Waals surface area contributed by atoms with Crippen LogP contribution < -0.4 is 5.32 Å². The number of hydrogen-bond donors (Lipinski definition) is 1. The maximum absolute atomic E-state index is 5.63. The van der Waals surface area contributed by atoms with Crippen molar-refractivity contribution in [1.29, 1.82) is 0 Å². The van der Waals surface area contributed by atoms with Crippen molar-refractivity contribution in [2.45, 2.75) is 24.8 Å². The largest absolute Gasteiger partial charge is 0.379 e. The number of hydrogen-bond acceptors (Lipinski definition) is 3. The Labute approximate surface area is 115 Å². The molecule has 0 atom stereocenters. The normalized spacial score (nSPS) is 23.9. The molecule has 0 amide bonds. The van der Waals surface area contributed by atoms with E-state index >= 15 is 0 Å². The molecule has 0 aromatic heterocycles. The Morgan fingerprint density at radius 3 is 2.26 bits per heavy atom. The Balaban J connectivity index is 1.92. The molecule has 1 aromatic rings. The molecule has 104 valence electrons. The van der Waals surface area contributed by atoms with E-state index in [1.54, 1.807) is 0 Å². The molecule has 0 bridgehead atoms. The zero-order chi connectivity index (χ0) is 13.3. The quantitative estimate of drug-likeness (QED) is 0.894. The van der Waals surface area contributed by atoms with Gasteiger partial charge in [-0.05, 0) is 19.4 Å². The van der Waals surface area contributed by atoms with Gasteiger partial charge in [0.25, 0.3) is 0 Å². The molecule has 0 saturated carbocycles. The van der Waals surface area contributed by atoms with Gasteiger partial charge in [-0.2, -0.15) is 0 Å². The summed E-state index contributed by atoms with van der Waals surface area (Å²) in [5, 5.41) is 3.44. The summed E-state index contributed by atoms with van der Waals surface area (Å²) in [7, 11) is 0. The van der Waals surface area contributed by atoms with Crippen molar-refractivity contribution in [2.75, 3.05) is 39.4 Å². The number of nitrogens with one attached hydrogen (secondary N) is 1. The predicted octanol–water partition coefficient (Wildman–Crippen LogP) is 1.64. The van der Waals surface area contributed by atoms with Crippen LogP contribution in [-0.2, 0) is 10.2 Å². The summed E-state index contributed by atoms with van der Waals surface area (Å²) >= 11 is 0. The van der Waals surface area contributed by atoms with Crippen molar-refractivity contribution in [2.24, 2.45) is 0 Å². The summed E-state index contributed by atoms with van der Waals surface area (Å²) in [6.07, 6.45) is 0. The highest BCUT2D eigenvalue weighted by molar-refractivity contribution is 5.33. The van der Waals surface area contributed by atoms with Crippen LogP contribution >= 0.6 is 0 Å². The first-order valence-corrected chi connectivity index (χ1v) is 7.26. The lowest BCUT2D eigenvalue weighted by molar-refractivity contribution is -0.136. The second-order valence-electron chi connectivity index (χ2n) is 6.24. The van der Waals surface area contributed by atoms with Crippen molar-refractivity contribution in [3.05, 3.63) is 35.9 Å². The van der Waals surface area contributed by atoms with Crippen LogP contribution in [-0.4, -0.2) is 49.8 Å². The summed E-state index contributed by atoms with van der Waals surface area (Å²) in [5.74, 6) is 0. The Bertz CT molecular complexity index is 420. The maximum atomic E-state index is 5.63. The standard InChI is InChI=1S/C16H24N2O/c1-15(2,18-10-8-17-9-11-18)16(12-19-13-16)14-6-4-3-5-7-14/h3-7,17H,8-13H2,1-2H3. The maximum Gasteiger partial charge on any atom is 0.0603 e. The number of ether oxygens (including phenoxy) is 1. The third-order valence-electron chi connectivity index (χ3n) is 5.10. The molecule has 1 aromatic carbocycles. The molecule has 19 heavy (non-hydrogen) atoms. The Kier molecular flexibility index (Phi) is 3.37. The number of piperazine rings is 1. The summed E-state index contributed by atoms with van der Waals surface area (Å²) in [4.78, 5) is 2.62. The van der Waals surface area contributed by atoms with E-state index in [1.807, 2.05) is 0 Å². The number of benzene rings is 1. The summed E-state index contributed by atoms with van der Waals surface area (Å²) in [6, 6.07) is 10.9. The molecule has 3 rings (SSSR count). The van der Waals surface area contributed by atoms with Crippen LogP contribution in [0, 0.1) is 0 Å². The van der Waals surface area contributed by atoms with Crippen LogP contribution in [0.25, 0.3) is 0 Å². The smallest absolute Gasteiger partial charge is 0.0603 e. The Morgan fingerprint density at radius 2 is 1.74 bits per heavy atom. The number of rotatable bonds is 3. The zero-order valence-electron chi connectivity index (χ0n) is 12.0. The fourth-order valence-corrected chi connectivity index (χ4v) is 3.46. The van der Waals surface area contributed by atoms with Gasteiger partial charge < -0.3 is 10.1 Å². The molecule has 2 fully saturated rings. The first-order valence-electron chi connectivity index (χ1n) is 7.26. The van der Waals surface area contributed by atoms with Crippen LogP contribution in [0.1, 0.15) is 19.4 Å². The van der Waals surface area contributed by atoms with E-state index < -0.39 is 0 Å². The molecule has 3 nitrogen and oxygen atoms in total. The highest BCUT2D eigenvalue weighted by atomic mass is 16.5. The third kappa shape index (κ3) is 2.00. The van der Waals surface area contributed by atoms with E-state index in [0.717, 1.165) is 39.4 Å². The minimum Gasteiger partial charge on any atom is -0.379 e. The molecule has 0 aliphatic carbocycles. The van der Waals surface area contributed by atoms with Gasteiger partial charge in [0, 0.05) is 31.7 Å². The van der Waals surface area contributed by atoms with Gasteiger partial charge in [-0.1, -0.05) is 30.3 Å². The molecular formula is C16H24N2O. The SMILES string of the molecule is CC(C)(N1CCNCC1)C1(c2ccccc2)COC1. The van der Waals surface area contributed by atoms with Crippen molar-refractivity contribution in [3.63, 3.8) is 0 Å². The van der Waals surface area contributed by atoms with Gasteiger partial charge in [-0.3, -0.25) is 4.90 Å². The van der Waals surface area contributed by atoms with Gasteiger partial charge in [-0.15, -0.1) is 0 Å². The van der Waals surface area contributed by atoms with E-state index in [9.17, 15) is 0 Å². The van der Waals surface area contributed by atoms with E-state index in [2.05, 4.69) is 54.4 Å². The average molecular weight is 260 g/mol. The lowest BCUT2D eigenvalue weighted by Gasteiger charge is -2.58. The number of nitrogens with zero attached hydrogens (tertiary/aromatic N) is 1. The molecule has 2 saturated heterocycles. The summed E-state index contributed by atoms with van der Waals surface area (Å²) in [6.45, 7) is 10.9. The summed E-state index contributed by atoms with van der Waals surface area (Å²) < 4.78 is 5.63. The monoisotopic (exact) mass is 260 g/mol. The molecule has 2 aliphatic rings. The van der Waals surface area contributed by atoms with Crippen molar-refractivity contribution < 1.29 is 4.74 Å². The van der Waals surface area contributed by atoms with E-state index in [4.69, 9.17) is 4.74 Å². The topological polar surface area (TPSA) is 24.5 Å². The van der Waals surface area contributed by atoms with Gasteiger partial charge >= 0.3 is 0 Å². The van der Waals surface area contributed by atoms with Crippen molar-refractivity contribution in [1.82, 2.24) is 10.2 Å². The minimum absolute atomic E-state index is 0.134. The molecule has 2 heterocycles. The molecule has 2 aliphatic heterocycles. The first kappa shape index (κ1) is 13.1. The van der Waals surface area contributed by atoms with Crippen LogP contribution in [0.4, 0.5) is 0 Å². The van der Waals surface area contributed by atoms with E-state index in [1.165, 1.54) is 5.56 Å². The molecule has 0 spiro atoms. The second kappa shape index (κ2) is 4.89. The highest BCUT2D eigenvalue weighted by Crippen LogP contribution is 2.45.